The van der Waals surface area contributed by atoms with Crippen LogP contribution in [0.5, 0.6) is 0 Å². The average molecular weight is 260 g/mol. The molecule has 0 saturated carbocycles. The van der Waals surface area contributed by atoms with Crippen LogP contribution in [0.3, 0.4) is 0 Å². The van der Waals surface area contributed by atoms with E-state index < -0.39 is 11.9 Å². The third-order valence-electron chi connectivity index (χ3n) is 2.40. The number of carbonyl (C=O) groups excluding carboxylic acids is 2. The second-order valence-electron chi connectivity index (χ2n) is 3.77. The number of aromatic nitrogens is 1. The van der Waals surface area contributed by atoms with E-state index in [-0.39, 0.29) is 11.5 Å². The second-order valence-corrected chi connectivity index (χ2v) is 3.77. The van der Waals surface area contributed by atoms with Crippen LogP contribution in [0.1, 0.15) is 26.8 Å². The molecule has 98 valence electrons. The number of nitrogens with one attached hydrogen (secondary N) is 1. The Hall–Kier alpha value is -2.63. The Labute approximate surface area is 109 Å². The predicted octanol–water partition coefficient (Wildman–Crippen LogP) is 2.02. The Morgan fingerprint density at radius 1 is 1.32 bits per heavy atom. The number of esters is 1. The lowest BCUT2D eigenvalue weighted by atomic mass is 10.2. The lowest BCUT2D eigenvalue weighted by Crippen LogP contribution is -2.15. The topological polar surface area (TPSA) is 81.4 Å². The molecule has 1 N–H and O–H groups in total. The third kappa shape index (κ3) is 2.79. The fourth-order valence-corrected chi connectivity index (χ4v) is 1.52. The van der Waals surface area contributed by atoms with Crippen LogP contribution in [0.2, 0.25) is 0 Å². The molecule has 1 aromatic carbocycles. The molecule has 6 nitrogen and oxygen atoms in total. The van der Waals surface area contributed by atoms with Crippen LogP contribution in [0.4, 0.5) is 5.69 Å². The summed E-state index contributed by atoms with van der Waals surface area (Å²) in [6.45, 7) is 1.69. The Bertz CT molecular complexity index is 619. The first-order valence-electron chi connectivity index (χ1n) is 5.53. The zero-order chi connectivity index (χ0) is 13.8. The van der Waals surface area contributed by atoms with Crippen LogP contribution in [0, 0.1) is 6.92 Å². The van der Waals surface area contributed by atoms with Gasteiger partial charge in [-0.25, -0.2) is 9.78 Å². The van der Waals surface area contributed by atoms with Crippen molar-refractivity contribution in [3.8, 4) is 0 Å². The van der Waals surface area contributed by atoms with Crippen LogP contribution in [0.15, 0.2) is 34.9 Å². The SMILES string of the molecule is COC(=O)c1ccccc1NC(=O)c1ncc(C)o1. The van der Waals surface area contributed by atoms with Crippen molar-refractivity contribution in [2.75, 3.05) is 12.4 Å². The summed E-state index contributed by atoms with van der Waals surface area (Å²) in [7, 11) is 1.28. The standard InChI is InChI=1S/C13H12N2O4/c1-8-7-14-12(19-8)11(16)15-10-6-4-3-5-9(10)13(17)18-2/h3-7H,1-2H3,(H,15,16). The zero-order valence-corrected chi connectivity index (χ0v) is 10.5. The summed E-state index contributed by atoms with van der Waals surface area (Å²) in [6.07, 6.45) is 1.45. The van der Waals surface area contributed by atoms with Crippen LogP contribution in [-0.2, 0) is 4.74 Å². The highest BCUT2D eigenvalue weighted by atomic mass is 16.5. The molecule has 19 heavy (non-hydrogen) atoms. The van der Waals surface area contributed by atoms with Gasteiger partial charge >= 0.3 is 11.9 Å². The van der Waals surface area contributed by atoms with Crippen LogP contribution in [0.25, 0.3) is 0 Å². The minimum Gasteiger partial charge on any atom is -0.465 e. The highest BCUT2D eigenvalue weighted by molar-refractivity contribution is 6.05. The monoisotopic (exact) mass is 260 g/mol. The highest BCUT2D eigenvalue weighted by Gasteiger charge is 2.16. The summed E-state index contributed by atoms with van der Waals surface area (Å²) in [4.78, 5) is 27.2. The smallest absolute Gasteiger partial charge is 0.339 e. The van der Waals surface area contributed by atoms with Crippen molar-refractivity contribution < 1.29 is 18.7 Å². The normalized spacial score (nSPS) is 10.0. The molecule has 1 amide bonds. The molecule has 0 unspecified atom stereocenters. The van der Waals surface area contributed by atoms with E-state index in [1.165, 1.54) is 13.3 Å². The van der Waals surface area contributed by atoms with Gasteiger partial charge in [-0.05, 0) is 19.1 Å². The number of ether oxygens (including phenoxy) is 1. The molecule has 0 atom stereocenters. The van der Waals surface area contributed by atoms with E-state index in [0.29, 0.717) is 11.4 Å². The molecule has 0 bridgehead atoms. The minimum atomic E-state index is -0.528. The molecule has 0 fully saturated rings. The molecule has 2 rings (SSSR count). The van der Waals surface area contributed by atoms with Crippen molar-refractivity contribution >= 4 is 17.6 Å². The van der Waals surface area contributed by atoms with Crippen LogP contribution >= 0.6 is 0 Å². The Balaban J connectivity index is 2.24. The number of carbonyl (C=O) groups is 2. The quantitative estimate of drug-likeness (QED) is 0.854. The number of aryl methyl sites for hydroxylation is 1. The maximum absolute atomic E-state index is 11.9. The number of rotatable bonds is 3. The van der Waals surface area contributed by atoms with Crippen LogP contribution in [-0.4, -0.2) is 24.0 Å². The molecule has 0 aliphatic heterocycles. The zero-order valence-electron chi connectivity index (χ0n) is 10.5. The van der Waals surface area contributed by atoms with Crippen molar-refractivity contribution in [2.24, 2.45) is 0 Å². The molecule has 1 aromatic heterocycles. The molecule has 0 radical (unpaired) electrons. The Morgan fingerprint density at radius 3 is 2.68 bits per heavy atom. The summed E-state index contributed by atoms with van der Waals surface area (Å²) >= 11 is 0. The number of nitrogens with zero attached hydrogens (tertiary/aromatic N) is 1. The van der Waals surface area contributed by atoms with Crippen molar-refractivity contribution in [1.82, 2.24) is 4.98 Å². The van der Waals surface area contributed by atoms with E-state index in [0.717, 1.165) is 0 Å². The van der Waals surface area contributed by atoms with Gasteiger partial charge in [-0.3, -0.25) is 4.79 Å². The third-order valence-corrected chi connectivity index (χ3v) is 2.40. The summed E-state index contributed by atoms with van der Waals surface area (Å²) in [6, 6.07) is 6.53. The molecule has 2 aromatic rings. The highest BCUT2D eigenvalue weighted by Crippen LogP contribution is 2.17. The van der Waals surface area contributed by atoms with Crippen molar-refractivity contribution in [3.05, 3.63) is 47.7 Å². The number of amides is 1. The average Bonchev–Trinajstić information content (AvgIpc) is 2.85. The minimum absolute atomic E-state index is 0.0582. The van der Waals surface area contributed by atoms with Gasteiger partial charge in [0, 0.05) is 0 Å². The van der Waals surface area contributed by atoms with Gasteiger partial charge in [-0.1, -0.05) is 12.1 Å². The predicted molar refractivity (Wildman–Crippen MR) is 67.0 cm³/mol. The maximum Gasteiger partial charge on any atom is 0.339 e. The fourth-order valence-electron chi connectivity index (χ4n) is 1.52. The lowest BCUT2D eigenvalue weighted by molar-refractivity contribution is 0.0602. The van der Waals surface area contributed by atoms with Gasteiger partial charge in [0.2, 0.25) is 0 Å². The van der Waals surface area contributed by atoms with E-state index in [2.05, 4.69) is 15.0 Å². The van der Waals surface area contributed by atoms with Crippen molar-refractivity contribution in [3.63, 3.8) is 0 Å². The van der Waals surface area contributed by atoms with Gasteiger partial charge in [0.15, 0.2) is 0 Å². The summed E-state index contributed by atoms with van der Waals surface area (Å²) in [5.41, 5.74) is 0.608. The Morgan fingerprint density at radius 2 is 2.05 bits per heavy atom. The van der Waals surface area contributed by atoms with Gasteiger partial charge in [0.1, 0.15) is 5.76 Å². The number of anilines is 1. The van der Waals surface area contributed by atoms with Gasteiger partial charge in [-0.15, -0.1) is 0 Å². The maximum atomic E-state index is 11.9. The fraction of sp³-hybridized carbons (Fsp3) is 0.154. The second kappa shape index (κ2) is 5.34. The van der Waals surface area contributed by atoms with E-state index in [1.54, 1.807) is 31.2 Å². The first kappa shape index (κ1) is 12.8. The van der Waals surface area contributed by atoms with E-state index in [1.807, 2.05) is 0 Å². The Kier molecular flexibility index (Phi) is 3.61. The van der Waals surface area contributed by atoms with E-state index in [9.17, 15) is 9.59 Å². The molecule has 0 saturated heterocycles. The largest absolute Gasteiger partial charge is 0.465 e. The van der Waals surface area contributed by atoms with Crippen molar-refractivity contribution in [1.29, 1.82) is 0 Å². The molecule has 0 aliphatic rings. The summed E-state index contributed by atoms with van der Waals surface area (Å²) in [5.74, 6) is -0.576. The van der Waals surface area contributed by atoms with Crippen molar-refractivity contribution in [2.45, 2.75) is 6.92 Å². The van der Waals surface area contributed by atoms with Gasteiger partial charge < -0.3 is 14.5 Å². The molecular weight excluding hydrogens is 248 g/mol. The first-order chi connectivity index (χ1) is 9.11. The molecule has 6 heteroatoms. The number of hydrogen-bond donors (Lipinski definition) is 1. The van der Waals surface area contributed by atoms with E-state index in [4.69, 9.17) is 4.42 Å². The molecule has 1 heterocycles. The van der Waals surface area contributed by atoms with Gasteiger partial charge in [0.25, 0.3) is 5.89 Å². The number of oxazole rings is 1. The van der Waals surface area contributed by atoms with Crippen LogP contribution < -0.4 is 5.32 Å². The molecule has 0 spiro atoms. The lowest BCUT2D eigenvalue weighted by Gasteiger charge is -2.07. The molecule has 0 aliphatic carbocycles. The summed E-state index contributed by atoms with van der Waals surface area (Å²) < 4.78 is 9.74. The van der Waals surface area contributed by atoms with Gasteiger partial charge in [0.05, 0.1) is 24.6 Å². The number of para-hydroxylation sites is 1. The number of methoxy groups -OCH3 is 1. The summed E-state index contributed by atoms with van der Waals surface area (Å²) in [5, 5.41) is 2.56. The first-order valence-corrected chi connectivity index (χ1v) is 5.53. The number of hydrogen-bond acceptors (Lipinski definition) is 5. The number of benzene rings is 1. The van der Waals surface area contributed by atoms with E-state index >= 15 is 0 Å². The van der Waals surface area contributed by atoms with Gasteiger partial charge in [-0.2, -0.15) is 0 Å². The molecular formula is C13H12N2O4.